The van der Waals surface area contributed by atoms with Gasteiger partial charge in [0.25, 0.3) is 6.71 Å². The summed E-state index contributed by atoms with van der Waals surface area (Å²) in [6.07, 6.45) is 0. The van der Waals surface area contributed by atoms with Crippen LogP contribution in [0.1, 0.15) is 111 Å². The Morgan fingerprint density at radius 3 is 1.28 bits per heavy atom. The molecule has 0 saturated carbocycles. The number of rotatable bonds is 7. The van der Waals surface area contributed by atoms with E-state index in [2.05, 4.69) is 369 Å². The number of hydrogen-bond acceptors (Lipinski definition) is 5. The van der Waals surface area contributed by atoms with Crippen molar-refractivity contribution < 1.29 is 8.83 Å². The lowest BCUT2D eigenvalue weighted by molar-refractivity contribution is 0.590. The third kappa shape index (κ3) is 10.2. The summed E-state index contributed by atoms with van der Waals surface area (Å²) in [7, 11) is 0. The van der Waals surface area contributed by atoms with Crippen molar-refractivity contribution in [1.29, 1.82) is 5.26 Å². The Labute approximate surface area is 636 Å². The van der Waals surface area contributed by atoms with Crippen molar-refractivity contribution in [2.24, 2.45) is 0 Å². The molecule has 20 rings (SSSR count). The summed E-state index contributed by atoms with van der Waals surface area (Å²) in [4.78, 5) is 5.25. The van der Waals surface area contributed by atoms with Crippen LogP contribution in [0.3, 0.4) is 0 Å². The zero-order valence-corrected chi connectivity index (χ0v) is 63.7. The van der Waals surface area contributed by atoms with Crippen LogP contribution >= 0.6 is 0 Å². The fourth-order valence-electron chi connectivity index (χ4n) is 17.9. The van der Waals surface area contributed by atoms with E-state index in [1.54, 1.807) is 0 Å². The van der Waals surface area contributed by atoms with Gasteiger partial charge in [-0.15, -0.1) is 0 Å². The van der Waals surface area contributed by atoms with E-state index in [0.29, 0.717) is 5.56 Å². The fraction of sp³-hybridized carbons (Fsp3) is 0.158. The molecule has 2 aliphatic heterocycles. The molecule has 7 nitrogen and oxygen atoms in total. The van der Waals surface area contributed by atoms with Gasteiger partial charge in [0.15, 0.2) is 0 Å². The van der Waals surface area contributed by atoms with Crippen LogP contribution in [0.2, 0.25) is 0 Å². The van der Waals surface area contributed by atoms with Gasteiger partial charge < -0.3 is 27.8 Å². The summed E-state index contributed by atoms with van der Waals surface area (Å²) in [6, 6.07) is 107. The maximum absolute atomic E-state index is 10.4. The number of aromatic nitrogens is 2. The van der Waals surface area contributed by atoms with Gasteiger partial charge in [-0.1, -0.05) is 235 Å². The van der Waals surface area contributed by atoms with Gasteiger partial charge in [0.05, 0.1) is 45.1 Å². The number of fused-ring (bicyclic) bond motifs is 17. The van der Waals surface area contributed by atoms with E-state index in [4.69, 9.17) is 8.83 Å². The number of hydrogen-bond donors (Lipinski definition) is 0. The minimum atomic E-state index is -0.300. The molecule has 0 fully saturated rings. The van der Waals surface area contributed by atoms with Crippen molar-refractivity contribution in [1.82, 2.24) is 9.13 Å². The Morgan fingerprint density at radius 1 is 0.303 bits per heavy atom. The van der Waals surface area contributed by atoms with E-state index in [1.165, 1.54) is 49.4 Å². The Balaban J connectivity index is 0.952. The summed E-state index contributed by atoms with van der Waals surface area (Å²) in [5.74, 6) is 0. The first-order chi connectivity index (χ1) is 52.5. The van der Waals surface area contributed by atoms with Gasteiger partial charge in [-0.3, -0.25) is 0 Å². The molecule has 0 saturated heterocycles. The monoisotopic (exact) mass is 1410 g/mol. The Bertz CT molecular complexity index is 6860. The molecule has 4 aromatic heterocycles. The third-order valence-electron chi connectivity index (χ3n) is 23.5. The highest BCUT2D eigenvalue weighted by Crippen LogP contribution is 2.54. The lowest BCUT2D eigenvalue weighted by Crippen LogP contribution is -2.61. The van der Waals surface area contributed by atoms with Crippen LogP contribution < -0.4 is 26.2 Å². The zero-order chi connectivity index (χ0) is 74.5. The van der Waals surface area contributed by atoms with Crippen molar-refractivity contribution >= 4 is 145 Å². The summed E-state index contributed by atoms with van der Waals surface area (Å²) in [6.45, 7) is 27.5. The average Bonchev–Trinajstić information content (AvgIpc) is 1.33. The molecule has 8 heteroatoms. The number of nitrogens with zero attached hydrogens (tertiary/aromatic N) is 5. The van der Waals surface area contributed by atoms with Gasteiger partial charge in [0.2, 0.25) is 0 Å². The predicted molar refractivity (Wildman–Crippen MR) is 460 cm³/mol. The van der Waals surface area contributed by atoms with E-state index >= 15 is 0 Å². The molecule has 14 aromatic carbocycles. The van der Waals surface area contributed by atoms with Crippen LogP contribution in [-0.2, 0) is 21.7 Å². The second kappa shape index (κ2) is 23.7. The minimum absolute atomic E-state index is 0.0744. The lowest BCUT2D eigenvalue weighted by atomic mass is 9.33. The Kier molecular flexibility index (Phi) is 14.3. The molecule has 0 atom stereocenters. The molecule has 526 valence electrons. The van der Waals surface area contributed by atoms with Gasteiger partial charge >= 0.3 is 0 Å². The molecule has 109 heavy (non-hydrogen) atoms. The maximum Gasteiger partial charge on any atom is 0.252 e. The Hall–Kier alpha value is -12.6. The fourth-order valence-corrected chi connectivity index (χ4v) is 17.9. The van der Waals surface area contributed by atoms with Crippen LogP contribution in [0.25, 0.3) is 132 Å². The zero-order valence-electron chi connectivity index (χ0n) is 63.7. The number of para-hydroxylation sites is 3. The van der Waals surface area contributed by atoms with Crippen LogP contribution in [0.15, 0.2) is 288 Å². The second-order valence-corrected chi connectivity index (χ2v) is 34.4. The summed E-state index contributed by atoms with van der Waals surface area (Å²) in [5, 5.41) is 19.2. The summed E-state index contributed by atoms with van der Waals surface area (Å²) < 4.78 is 19.0. The minimum Gasteiger partial charge on any atom is -0.456 e. The number of anilines is 6. The van der Waals surface area contributed by atoms with Crippen LogP contribution in [0.4, 0.5) is 34.1 Å². The van der Waals surface area contributed by atoms with E-state index < -0.39 is 0 Å². The molecule has 0 unspecified atom stereocenters. The molecule has 0 N–H and O–H groups in total. The molecule has 6 heterocycles. The quantitative estimate of drug-likeness (QED) is 0.149. The van der Waals surface area contributed by atoms with E-state index in [1.807, 2.05) is 18.2 Å². The summed E-state index contributed by atoms with van der Waals surface area (Å²) in [5.41, 5.74) is 31.4. The molecule has 18 aromatic rings. The largest absolute Gasteiger partial charge is 0.456 e. The van der Waals surface area contributed by atoms with Crippen LogP contribution in [0, 0.1) is 11.3 Å². The first-order valence-corrected chi connectivity index (χ1v) is 38.3. The van der Waals surface area contributed by atoms with Crippen molar-refractivity contribution in [3.8, 4) is 50.8 Å². The SMILES string of the molecule is CC(C)(C)c1ccc(N2c3cc(-n4c5ccccc5c5cc(C#N)ccc54)ccc3B3c4ccc(-n5c6ccc(C(C)(C)C)cc6c6cc(C(C)(C)C)ccc65)cc4N(c4ccc(C(C)(C)C)cc4-c4ccccc4)c4cc(-c5cccc6c5oc5ccc7oc8ccccc8c7c56)cc2c43)c(-c2ccccc2)c1. The van der Waals surface area contributed by atoms with Gasteiger partial charge in [-0.25, -0.2) is 0 Å². The smallest absolute Gasteiger partial charge is 0.252 e. The average molecular weight is 1410 g/mol. The van der Waals surface area contributed by atoms with Crippen molar-refractivity contribution in [3.63, 3.8) is 0 Å². The molecular formula is C101H82BN5O2. The van der Waals surface area contributed by atoms with E-state index in [-0.39, 0.29) is 28.4 Å². The number of benzene rings is 14. The molecule has 2 aliphatic rings. The molecule has 0 spiro atoms. The highest BCUT2D eigenvalue weighted by Gasteiger charge is 2.46. The molecular weight excluding hydrogens is 1330 g/mol. The topological polar surface area (TPSA) is 66.4 Å². The Morgan fingerprint density at radius 2 is 0.743 bits per heavy atom. The first kappa shape index (κ1) is 65.9. The van der Waals surface area contributed by atoms with Crippen molar-refractivity contribution in [2.75, 3.05) is 9.80 Å². The summed E-state index contributed by atoms with van der Waals surface area (Å²) >= 11 is 0. The molecule has 0 aliphatic carbocycles. The van der Waals surface area contributed by atoms with Crippen molar-refractivity contribution in [2.45, 2.75) is 105 Å². The number of furan rings is 2. The first-order valence-electron chi connectivity index (χ1n) is 38.3. The van der Waals surface area contributed by atoms with Crippen LogP contribution in [-0.4, -0.2) is 15.8 Å². The van der Waals surface area contributed by atoms with Crippen molar-refractivity contribution in [3.05, 3.63) is 307 Å². The van der Waals surface area contributed by atoms with E-state index in [9.17, 15) is 5.26 Å². The molecule has 0 amide bonds. The highest BCUT2D eigenvalue weighted by molar-refractivity contribution is 7.00. The van der Waals surface area contributed by atoms with Gasteiger partial charge in [-0.2, -0.15) is 5.26 Å². The number of nitriles is 1. The van der Waals surface area contributed by atoms with Gasteiger partial charge in [-0.05, 0) is 204 Å². The third-order valence-corrected chi connectivity index (χ3v) is 23.5. The van der Waals surface area contributed by atoms with Gasteiger partial charge in [0.1, 0.15) is 22.3 Å². The van der Waals surface area contributed by atoms with Gasteiger partial charge in [0, 0.05) is 93.9 Å². The maximum atomic E-state index is 10.4. The molecule has 0 bridgehead atoms. The lowest BCUT2D eigenvalue weighted by Gasteiger charge is -2.45. The molecule has 0 radical (unpaired) electrons. The van der Waals surface area contributed by atoms with Crippen LogP contribution in [0.5, 0.6) is 0 Å². The normalized spacial score (nSPS) is 13.3. The second-order valence-electron chi connectivity index (χ2n) is 34.4. The van der Waals surface area contributed by atoms with E-state index in [0.717, 1.165) is 156 Å². The predicted octanol–water partition coefficient (Wildman–Crippen LogP) is 25.8. The highest BCUT2D eigenvalue weighted by atomic mass is 16.3. The standard InChI is InChI=1S/C101H82BN5O2/c1-98(2,3)64-35-44-82(74(53-64)61-24-15-13-16-25-61)106-87-57-68(104-81-32-21-19-28-71(81)76-50-60(59-103)34-43-84(76)104)39-41-79(87)102-80-42-40-69(105-85-46-37-66(100(7,8)9)55-77(85)78-56-67(101(10,11)12)38-47-86(78)105)58-88(80)107(83-45-36-65(99(4,5)6)54-75(83)62-26-17-14-18-27-62)90-52-63(51-89(106)96(90)102)70-30-23-31-73-95-93(109-97(70)73)49-48-92-94(95)72-29-20-22-33-91(72)108-92/h13-58H,1-12H3.